The molecule has 14 heteroatoms. The van der Waals surface area contributed by atoms with Crippen molar-refractivity contribution in [3.05, 3.63) is 136 Å². The smallest absolute Gasteiger partial charge is 0.313 e. The highest BCUT2D eigenvalue weighted by molar-refractivity contribution is 5.81. The van der Waals surface area contributed by atoms with Crippen LogP contribution in [0.5, 0.6) is 0 Å². The van der Waals surface area contributed by atoms with Gasteiger partial charge in [0.1, 0.15) is 29.4 Å². The first-order valence-electron chi connectivity index (χ1n) is 15.3. The summed E-state index contributed by atoms with van der Waals surface area (Å²) in [6.07, 6.45) is 0.667. The molecule has 0 radical (unpaired) electrons. The van der Waals surface area contributed by atoms with Crippen molar-refractivity contribution in [3.63, 3.8) is 0 Å². The molecule has 0 saturated carbocycles. The molecule has 0 atom stereocenters. The second-order valence-corrected chi connectivity index (χ2v) is 11.5. The third-order valence-electron chi connectivity index (χ3n) is 8.20. The molecule has 0 aliphatic carbocycles. The van der Waals surface area contributed by atoms with Crippen molar-refractivity contribution in [1.29, 1.82) is 0 Å². The third kappa shape index (κ3) is 6.98. The minimum atomic E-state index is -0.616. The number of carbonyl (C=O) groups is 2. The number of benzene rings is 3. The number of methoxy groups -OCH3 is 1. The van der Waals surface area contributed by atoms with Crippen molar-refractivity contribution in [2.45, 2.75) is 32.4 Å². The van der Waals surface area contributed by atoms with E-state index in [9.17, 15) is 28.8 Å². The van der Waals surface area contributed by atoms with E-state index in [4.69, 9.17) is 5.73 Å². The number of nitrogens with one attached hydrogen (secondary N) is 3. The van der Waals surface area contributed by atoms with Gasteiger partial charge in [-0.05, 0) is 47.4 Å². The first-order chi connectivity index (χ1) is 23.6. The van der Waals surface area contributed by atoms with Crippen molar-refractivity contribution in [3.8, 4) is 0 Å². The number of H-pyrrole nitrogens is 2. The van der Waals surface area contributed by atoms with Crippen LogP contribution in [0.15, 0.2) is 85.9 Å². The van der Waals surface area contributed by atoms with Gasteiger partial charge >= 0.3 is 5.97 Å². The maximum atomic E-state index is 12.4. The highest BCUT2D eigenvalue weighted by Crippen LogP contribution is 2.26. The fourth-order valence-electron chi connectivity index (χ4n) is 5.68. The lowest BCUT2D eigenvalue weighted by Gasteiger charge is -2.32. The number of nitrogens with zero attached hydrogens (tertiary/aromatic N) is 3. The van der Waals surface area contributed by atoms with E-state index in [0.29, 0.717) is 58.8 Å². The molecule has 4 aromatic carbocycles. The van der Waals surface area contributed by atoms with Crippen LogP contribution in [0.25, 0.3) is 21.8 Å². The van der Waals surface area contributed by atoms with Crippen LogP contribution in [0.1, 0.15) is 28.3 Å². The van der Waals surface area contributed by atoms with Crippen molar-refractivity contribution >= 4 is 45.1 Å². The predicted molar refractivity (Wildman–Crippen MR) is 183 cm³/mol. The Morgan fingerprint density at radius 3 is 2.06 bits per heavy atom. The first-order valence-corrected chi connectivity index (χ1v) is 15.3. The van der Waals surface area contributed by atoms with Gasteiger partial charge in [-0.1, -0.05) is 42.5 Å². The standard InChI is InChI=1S/C24H21N5O4.C11H10N2O3/c25-20-21(23(32)22(20)31)29-8-7-14-6-5-13(9-15(14)12-29)11-26-19(30)10-18-27-17-4-2-1-3-16(17)24(33)28-18;1-16-10(14)6-9-12-8-5-3-2-4-7(8)11(15)13-9/h1-6,9H,7-8,10-12,25H2,(H,26,30)(H,27,28,33);2-5H,6H2,1H3,(H,12,13,15). The summed E-state index contributed by atoms with van der Waals surface area (Å²) in [6.45, 7) is 1.41. The normalized spacial score (nSPS) is 12.3. The van der Waals surface area contributed by atoms with Gasteiger partial charge in [0.15, 0.2) is 0 Å². The zero-order chi connectivity index (χ0) is 34.7. The molecule has 0 bridgehead atoms. The molecule has 3 heterocycles. The number of nitrogens with two attached hydrogens (primary N) is 1. The number of aromatic nitrogens is 4. The average molecular weight is 662 g/mol. The minimum Gasteiger partial charge on any atom is -0.469 e. The summed E-state index contributed by atoms with van der Waals surface area (Å²) in [6, 6.07) is 19.9. The van der Waals surface area contributed by atoms with Gasteiger partial charge in [0.05, 0.1) is 35.3 Å². The lowest BCUT2D eigenvalue weighted by Crippen LogP contribution is -2.44. The molecule has 1 aliphatic heterocycles. The van der Waals surface area contributed by atoms with E-state index in [0.717, 1.165) is 23.1 Å². The van der Waals surface area contributed by atoms with E-state index < -0.39 is 16.8 Å². The number of nitrogen functional groups attached to an aromatic ring is 1. The molecule has 49 heavy (non-hydrogen) atoms. The molecule has 14 nitrogen and oxygen atoms in total. The number of fused-ring (bicyclic) bond motifs is 3. The fraction of sp³-hybridized carbons (Fsp3) is 0.200. The van der Waals surface area contributed by atoms with Crippen molar-refractivity contribution < 1.29 is 14.3 Å². The molecular weight excluding hydrogens is 630 g/mol. The Kier molecular flexibility index (Phi) is 9.11. The van der Waals surface area contributed by atoms with Crippen molar-refractivity contribution in [1.82, 2.24) is 25.3 Å². The average Bonchev–Trinajstić information content (AvgIpc) is 3.10. The second kappa shape index (κ2) is 13.7. The maximum absolute atomic E-state index is 12.4. The van der Waals surface area contributed by atoms with Gasteiger partial charge in [0.2, 0.25) is 5.91 Å². The molecule has 0 saturated heterocycles. The van der Waals surface area contributed by atoms with Crippen LogP contribution >= 0.6 is 0 Å². The Morgan fingerprint density at radius 2 is 1.45 bits per heavy atom. The molecule has 248 valence electrons. The number of hydrogen-bond donors (Lipinski definition) is 4. The number of para-hydroxylation sites is 2. The second-order valence-electron chi connectivity index (χ2n) is 11.5. The molecule has 7 rings (SSSR count). The molecule has 0 spiro atoms. The minimum absolute atomic E-state index is 0.0312. The summed E-state index contributed by atoms with van der Waals surface area (Å²) in [7, 11) is 1.29. The summed E-state index contributed by atoms with van der Waals surface area (Å²) >= 11 is 0. The van der Waals surface area contributed by atoms with E-state index in [1.807, 2.05) is 23.1 Å². The van der Waals surface area contributed by atoms with Gasteiger partial charge in [-0.25, -0.2) is 9.97 Å². The van der Waals surface area contributed by atoms with E-state index in [-0.39, 0.29) is 35.6 Å². The zero-order valence-corrected chi connectivity index (χ0v) is 26.4. The summed E-state index contributed by atoms with van der Waals surface area (Å²) in [4.78, 5) is 86.2. The zero-order valence-electron chi connectivity index (χ0n) is 26.4. The maximum Gasteiger partial charge on any atom is 0.313 e. The quantitative estimate of drug-likeness (QED) is 0.141. The van der Waals surface area contributed by atoms with Crippen LogP contribution in [0.4, 0.5) is 11.4 Å². The van der Waals surface area contributed by atoms with Gasteiger partial charge < -0.3 is 30.7 Å². The number of rotatable bonds is 7. The number of anilines is 2. The number of carbonyl (C=O) groups excluding carboxylic acids is 2. The number of ether oxygens (including phenoxy) is 1. The fourth-order valence-corrected chi connectivity index (χ4v) is 5.68. The van der Waals surface area contributed by atoms with E-state index in [1.54, 1.807) is 48.5 Å². The Hall–Kier alpha value is -6.44. The van der Waals surface area contributed by atoms with Gasteiger partial charge in [0.25, 0.3) is 22.0 Å². The summed E-state index contributed by atoms with van der Waals surface area (Å²) in [5.41, 5.74) is 8.61. The van der Waals surface area contributed by atoms with Crippen LogP contribution in [0, 0.1) is 0 Å². The van der Waals surface area contributed by atoms with Gasteiger partial charge in [0, 0.05) is 19.6 Å². The molecular formula is C35H31N7O7. The first kappa shape index (κ1) is 32.5. The van der Waals surface area contributed by atoms with Crippen LogP contribution in [-0.2, 0) is 46.7 Å². The van der Waals surface area contributed by atoms with Crippen LogP contribution in [0.3, 0.4) is 0 Å². The predicted octanol–water partition coefficient (Wildman–Crippen LogP) is 1.16. The highest BCUT2D eigenvalue weighted by Gasteiger charge is 2.27. The van der Waals surface area contributed by atoms with E-state index >= 15 is 0 Å². The number of esters is 1. The third-order valence-corrected chi connectivity index (χ3v) is 8.20. The topological polar surface area (TPSA) is 210 Å². The number of hydrogen-bond acceptors (Lipinski definition) is 11. The molecule has 0 unspecified atom stereocenters. The van der Waals surface area contributed by atoms with Crippen molar-refractivity contribution in [2.24, 2.45) is 0 Å². The molecule has 0 fully saturated rings. The number of aromatic amines is 2. The lowest BCUT2D eigenvalue weighted by molar-refractivity contribution is -0.139. The molecule has 1 aliphatic rings. The van der Waals surface area contributed by atoms with Crippen LogP contribution < -0.4 is 37.9 Å². The molecule has 1 amide bonds. The van der Waals surface area contributed by atoms with Gasteiger partial charge in [-0.3, -0.25) is 28.8 Å². The van der Waals surface area contributed by atoms with Crippen LogP contribution in [-0.4, -0.2) is 45.5 Å². The lowest BCUT2D eigenvalue weighted by atomic mass is 9.96. The monoisotopic (exact) mass is 661 g/mol. The molecule has 2 aromatic heterocycles. The van der Waals surface area contributed by atoms with E-state index in [1.165, 1.54) is 7.11 Å². The SMILES string of the molecule is COC(=O)Cc1nc2ccccc2c(=O)[nH]1.Nc1c(N2CCc3ccc(CNC(=O)Cc4nc5ccccc5c(=O)[nH]4)cc3C2)c(=O)c1=O. The number of amides is 1. The largest absolute Gasteiger partial charge is 0.469 e. The van der Waals surface area contributed by atoms with Gasteiger partial charge in [-0.2, -0.15) is 0 Å². The Morgan fingerprint density at radius 1 is 0.837 bits per heavy atom. The van der Waals surface area contributed by atoms with Gasteiger partial charge in [-0.15, -0.1) is 0 Å². The van der Waals surface area contributed by atoms with E-state index in [2.05, 4.69) is 30.0 Å². The molecule has 5 N–H and O–H groups in total. The highest BCUT2D eigenvalue weighted by atomic mass is 16.5. The summed E-state index contributed by atoms with van der Waals surface area (Å²) in [5.74, 6) is -0.0684. The Bertz CT molecular complexity index is 2430. The summed E-state index contributed by atoms with van der Waals surface area (Å²) in [5, 5.41) is 3.85. The molecule has 6 aromatic rings. The summed E-state index contributed by atoms with van der Waals surface area (Å²) < 4.78 is 4.51. The van der Waals surface area contributed by atoms with Crippen LogP contribution in [0.2, 0.25) is 0 Å². The van der Waals surface area contributed by atoms with Crippen molar-refractivity contribution in [2.75, 3.05) is 24.3 Å². The Balaban J connectivity index is 0.000000218. The Labute approximate surface area is 277 Å².